The SMILES string of the molecule is COc1ccnc(-c2cc(OC)ccn2)c1.O=C(/C=C(\[O-])c1ccccc1)c1ccccc1.O=C(/C=C(\[O-])c1ccccc1)c1ccccc1.O=[N+]([O-])[O-].[Dy+3]. The van der Waals surface area contributed by atoms with Gasteiger partial charge in [0.2, 0.25) is 0 Å². The number of benzene rings is 4. The molecular weight excluding hydrogens is 853 g/mol. The van der Waals surface area contributed by atoms with Crippen molar-refractivity contribution >= 4 is 23.1 Å². The maximum Gasteiger partial charge on any atom is 3.00 e. The van der Waals surface area contributed by atoms with E-state index in [1.807, 2.05) is 36.4 Å². The van der Waals surface area contributed by atoms with Gasteiger partial charge in [0.05, 0.1) is 30.7 Å². The zero-order valence-corrected chi connectivity index (χ0v) is 31.5. The first-order valence-corrected chi connectivity index (χ1v) is 16.0. The number of aromatic nitrogens is 2. The molecule has 0 amide bonds. The van der Waals surface area contributed by atoms with E-state index in [0.29, 0.717) is 22.3 Å². The monoisotopic (exact) mass is 888 g/mol. The molecular formula is C42H34DyN3O9. The maximum atomic E-state index is 11.8. The Morgan fingerprint density at radius 1 is 0.527 bits per heavy atom. The molecule has 281 valence electrons. The van der Waals surface area contributed by atoms with Crippen molar-refractivity contribution in [1.29, 1.82) is 0 Å². The van der Waals surface area contributed by atoms with Crippen molar-refractivity contribution in [2.45, 2.75) is 0 Å². The van der Waals surface area contributed by atoms with Gasteiger partial charge in [0, 0.05) is 35.7 Å². The zero-order valence-electron chi connectivity index (χ0n) is 29.5. The Hall–Kier alpha value is -6.33. The van der Waals surface area contributed by atoms with Crippen LogP contribution in [0, 0.1) is 53.5 Å². The average Bonchev–Trinajstić information content (AvgIpc) is 3.22. The molecule has 0 saturated carbocycles. The van der Waals surface area contributed by atoms with Gasteiger partial charge in [-0.3, -0.25) is 19.6 Å². The van der Waals surface area contributed by atoms with Gasteiger partial charge in [-0.2, -0.15) is 0 Å². The van der Waals surface area contributed by atoms with E-state index in [0.717, 1.165) is 35.0 Å². The maximum absolute atomic E-state index is 11.8. The molecule has 55 heavy (non-hydrogen) atoms. The Labute approximate surface area is 348 Å². The van der Waals surface area contributed by atoms with Crippen LogP contribution in [-0.2, 0) is 0 Å². The summed E-state index contributed by atoms with van der Waals surface area (Å²) in [6.07, 6.45) is 5.64. The number of hydrogen-bond donors (Lipinski definition) is 0. The molecule has 0 fully saturated rings. The van der Waals surface area contributed by atoms with Gasteiger partial charge in [0.15, 0.2) is 11.6 Å². The summed E-state index contributed by atoms with van der Waals surface area (Å²) in [5, 5.41) is 38.3. The Morgan fingerprint density at radius 2 is 0.800 bits per heavy atom. The van der Waals surface area contributed by atoms with E-state index in [-0.39, 0.29) is 61.3 Å². The number of allylic oxidation sites excluding steroid dienone is 2. The Bertz CT molecular complexity index is 1980. The third kappa shape index (κ3) is 16.5. The fourth-order valence-electron chi connectivity index (χ4n) is 4.34. The number of ether oxygens (including phenoxy) is 2. The Kier molecular flexibility index (Phi) is 20.2. The zero-order chi connectivity index (χ0) is 39.1. The number of ketones is 2. The smallest absolute Gasteiger partial charge is 0.872 e. The molecule has 0 N–H and O–H groups in total. The standard InChI is InChI=1S/2C15H12O2.C12H12N2O2.Dy.NO3/c2*16-14(12-7-3-1-4-8-12)11-15(17)13-9-5-2-6-10-13;1-15-9-3-5-13-11(7-9)12-8-10(16-2)4-6-14-12;;2-1(3)4/h2*1-11,16H;3-8H,1-2H3;;/q;;;+3;-1/p-2/b2*14-11-;;;. The minimum atomic E-state index is -1.75. The Morgan fingerprint density at radius 3 is 1.07 bits per heavy atom. The number of hydrogen-bond acceptors (Lipinski definition) is 11. The molecule has 2 aromatic heterocycles. The molecule has 0 spiro atoms. The summed E-state index contributed by atoms with van der Waals surface area (Å²) in [4.78, 5) is 40.2. The second kappa shape index (κ2) is 24.8. The molecule has 0 unspecified atom stereocenters. The number of nitrogens with zero attached hydrogens (tertiary/aromatic N) is 3. The first kappa shape index (κ1) is 44.8. The molecule has 0 aliphatic carbocycles. The summed E-state index contributed by atoms with van der Waals surface area (Å²) < 4.78 is 10.3. The number of rotatable bonds is 9. The van der Waals surface area contributed by atoms with Crippen molar-refractivity contribution in [3.8, 4) is 22.9 Å². The summed E-state index contributed by atoms with van der Waals surface area (Å²) in [6, 6.07) is 42.3. The van der Waals surface area contributed by atoms with Crippen LogP contribution in [0.3, 0.4) is 0 Å². The van der Waals surface area contributed by atoms with Crippen LogP contribution in [0.2, 0.25) is 0 Å². The molecule has 6 rings (SSSR count). The summed E-state index contributed by atoms with van der Waals surface area (Å²) in [5.74, 6) is 0.460. The van der Waals surface area contributed by atoms with Gasteiger partial charge in [-0.1, -0.05) is 133 Å². The molecule has 0 saturated heterocycles. The molecule has 0 atom stereocenters. The third-order valence-corrected chi connectivity index (χ3v) is 6.95. The largest absolute Gasteiger partial charge is 3.00 e. The molecule has 0 aliphatic rings. The van der Waals surface area contributed by atoms with Gasteiger partial charge in [0.1, 0.15) is 11.5 Å². The molecule has 4 aromatic carbocycles. The van der Waals surface area contributed by atoms with Gasteiger partial charge in [-0.15, -0.1) is 0 Å². The van der Waals surface area contributed by atoms with Crippen molar-refractivity contribution < 1.29 is 72.5 Å². The minimum absolute atomic E-state index is 0. The first-order valence-electron chi connectivity index (χ1n) is 16.0. The summed E-state index contributed by atoms with van der Waals surface area (Å²) in [6.45, 7) is 0. The van der Waals surface area contributed by atoms with Crippen LogP contribution in [0.4, 0.5) is 0 Å². The fraction of sp³-hybridized carbons (Fsp3) is 0.0476. The van der Waals surface area contributed by atoms with Gasteiger partial charge >= 0.3 is 38.2 Å². The van der Waals surface area contributed by atoms with Gasteiger partial charge in [0.25, 0.3) is 0 Å². The molecule has 0 aliphatic heterocycles. The topological polar surface area (TPSA) is 191 Å². The van der Waals surface area contributed by atoms with E-state index in [2.05, 4.69) is 9.97 Å². The fourth-order valence-corrected chi connectivity index (χ4v) is 4.34. The summed E-state index contributed by atoms with van der Waals surface area (Å²) in [7, 11) is 3.25. The van der Waals surface area contributed by atoms with E-state index in [9.17, 15) is 19.8 Å². The molecule has 6 aromatic rings. The van der Waals surface area contributed by atoms with Gasteiger partial charge in [-0.05, 0) is 35.4 Å². The normalized spacial score (nSPS) is 10.2. The van der Waals surface area contributed by atoms with Crippen molar-refractivity contribution in [3.05, 3.63) is 208 Å². The molecule has 1 radical (unpaired) electrons. The van der Waals surface area contributed by atoms with E-state index >= 15 is 0 Å². The number of carbonyl (C=O) groups excluding carboxylic acids is 2. The number of pyridine rings is 2. The van der Waals surface area contributed by atoms with Gasteiger partial charge < -0.3 is 35.0 Å². The van der Waals surface area contributed by atoms with Crippen LogP contribution in [0.5, 0.6) is 11.5 Å². The van der Waals surface area contributed by atoms with E-state index in [1.54, 1.807) is 136 Å². The predicted molar refractivity (Wildman–Crippen MR) is 201 cm³/mol. The van der Waals surface area contributed by atoms with Crippen molar-refractivity contribution in [2.75, 3.05) is 14.2 Å². The van der Waals surface area contributed by atoms with E-state index < -0.39 is 5.09 Å². The van der Waals surface area contributed by atoms with Crippen molar-refractivity contribution in [1.82, 2.24) is 9.97 Å². The molecule has 0 bridgehead atoms. The third-order valence-electron chi connectivity index (χ3n) is 6.95. The molecule has 2 heterocycles. The van der Waals surface area contributed by atoms with Crippen LogP contribution in [0.1, 0.15) is 31.8 Å². The molecule has 13 heteroatoms. The van der Waals surface area contributed by atoms with E-state index in [1.165, 1.54) is 0 Å². The second-order valence-electron chi connectivity index (χ2n) is 10.6. The van der Waals surface area contributed by atoms with Crippen molar-refractivity contribution in [2.24, 2.45) is 0 Å². The van der Waals surface area contributed by atoms with Crippen LogP contribution >= 0.6 is 0 Å². The minimum Gasteiger partial charge on any atom is -0.872 e. The van der Waals surface area contributed by atoms with Gasteiger partial charge in [-0.25, -0.2) is 0 Å². The van der Waals surface area contributed by atoms with Crippen LogP contribution < -0.4 is 19.7 Å². The predicted octanol–water partition coefficient (Wildman–Crippen LogP) is 6.46. The quantitative estimate of drug-likeness (QED) is 0.0509. The summed E-state index contributed by atoms with van der Waals surface area (Å²) >= 11 is 0. The Balaban J connectivity index is 0.000000269. The second-order valence-corrected chi connectivity index (χ2v) is 10.6. The molecule has 12 nitrogen and oxygen atoms in total. The van der Waals surface area contributed by atoms with Crippen LogP contribution in [0.15, 0.2) is 170 Å². The first-order chi connectivity index (χ1) is 26.1. The average molecular weight is 887 g/mol. The summed E-state index contributed by atoms with van der Waals surface area (Å²) in [5.41, 5.74) is 3.62. The number of carbonyl (C=O) groups is 2. The van der Waals surface area contributed by atoms with Crippen molar-refractivity contribution in [3.63, 3.8) is 0 Å². The van der Waals surface area contributed by atoms with Crippen LogP contribution in [-0.4, -0.2) is 40.8 Å². The number of methoxy groups -OCH3 is 2. The van der Waals surface area contributed by atoms with E-state index in [4.69, 9.17) is 24.8 Å². The van der Waals surface area contributed by atoms with Crippen LogP contribution in [0.25, 0.3) is 22.9 Å².